The fraction of sp³-hybridized carbons (Fsp3) is 0.368. The molecule has 2 heterocycles. The Morgan fingerprint density at radius 3 is 2.39 bits per heavy atom. The van der Waals surface area contributed by atoms with Gasteiger partial charge in [-0.25, -0.2) is 4.98 Å². The number of rotatable bonds is 2. The highest BCUT2D eigenvalue weighted by molar-refractivity contribution is 5.78. The second-order valence-electron chi connectivity index (χ2n) is 7.11. The largest absolute Gasteiger partial charge is 0.443 e. The minimum Gasteiger partial charge on any atom is -0.443 e. The summed E-state index contributed by atoms with van der Waals surface area (Å²) in [4.78, 5) is 9.02. The van der Waals surface area contributed by atoms with Gasteiger partial charge in [-0.1, -0.05) is 32.9 Å². The van der Waals surface area contributed by atoms with Crippen LogP contribution < -0.4 is 5.32 Å². The Labute approximate surface area is 137 Å². The number of aromatic nitrogens is 2. The van der Waals surface area contributed by atoms with E-state index in [4.69, 9.17) is 4.42 Å². The van der Waals surface area contributed by atoms with Gasteiger partial charge >= 0.3 is 0 Å². The molecule has 1 N–H and O–H groups in total. The standard InChI is InChI=1S/C19H23N3O/c1-11-9-14(19(4,5)6)7-8-16(11)21-18-20-13(3)15-10-12(2)23-17(15)22-18/h7-10H,1-6H3,(H,20,21,22). The maximum atomic E-state index is 5.63. The molecule has 0 spiro atoms. The lowest BCUT2D eigenvalue weighted by atomic mass is 9.86. The molecule has 0 aliphatic rings. The molecule has 3 aromatic rings. The summed E-state index contributed by atoms with van der Waals surface area (Å²) in [6.45, 7) is 12.6. The third kappa shape index (κ3) is 3.07. The first kappa shape index (κ1) is 15.5. The third-order valence-electron chi connectivity index (χ3n) is 4.05. The average molecular weight is 309 g/mol. The van der Waals surface area contributed by atoms with Crippen molar-refractivity contribution in [1.82, 2.24) is 9.97 Å². The van der Waals surface area contributed by atoms with Crippen molar-refractivity contribution < 1.29 is 4.42 Å². The van der Waals surface area contributed by atoms with Crippen molar-refractivity contribution >= 4 is 22.7 Å². The van der Waals surface area contributed by atoms with Gasteiger partial charge in [-0.2, -0.15) is 4.98 Å². The number of nitrogens with zero attached hydrogens (tertiary/aromatic N) is 2. The molecule has 0 aliphatic carbocycles. The van der Waals surface area contributed by atoms with E-state index in [1.165, 1.54) is 11.1 Å². The van der Waals surface area contributed by atoms with E-state index in [9.17, 15) is 0 Å². The fourth-order valence-electron chi connectivity index (χ4n) is 2.63. The van der Waals surface area contributed by atoms with Crippen LogP contribution in [0.2, 0.25) is 0 Å². The lowest BCUT2D eigenvalue weighted by Crippen LogP contribution is -2.11. The predicted molar refractivity (Wildman–Crippen MR) is 94.4 cm³/mol. The number of hydrogen-bond donors (Lipinski definition) is 1. The van der Waals surface area contributed by atoms with Crippen LogP contribution in [0.5, 0.6) is 0 Å². The normalized spacial score (nSPS) is 11.9. The van der Waals surface area contributed by atoms with Gasteiger partial charge in [-0.3, -0.25) is 0 Å². The summed E-state index contributed by atoms with van der Waals surface area (Å²) in [5, 5.41) is 4.28. The first-order valence-corrected chi connectivity index (χ1v) is 7.87. The maximum Gasteiger partial charge on any atom is 0.231 e. The van der Waals surface area contributed by atoms with E-state index in [0.29, 0.717) is 11.7 Å². The number of furan rings is 1. The molecule has 0 amide bonds. The third-order valence-corrected chi connectivity index (χ3v) is 4.05. The molecule has 2 aromatic heterocycles. The smallest absolute Gasteiger partial charge is 0.231 e. The van der Waals surface area contributed by atoms with Gasteiger partial charge < -0.3 is 9.73 Å². The van der Waals surface area contributed by atoms with Gasteiger partial charge in [-0.05, 0) is 49.4 Å². The Morgan fingerprint density at radius 2 is 1.74 bits per heavy atom. The summed E-state index contributed by atoms with van der Waals surface area (Å²) in [5.41, 5.74) is 5.19. The summed E-state index contributed by atoms with van der Waals surface area (Å²) in [5.74, 6) is 1.41. The van der Waals surface area contributed by atoms with Gasteiger partial charge in [0.2, 0.25) is 11.7 Å². The van der Waals surface area contributed by atoms with Crippen LogP contribution in [0.15, 0.2) is 28.7 Å². The van der Waals surface area contributed by atoms with Gasteiger partial charge in [-0.15, -0.1) is 0 Å². The zero-order chi connectivity index (χ0) is 16.8. The maximum absolute atomic E-state index is 5.63. The van der Waals surface area contributed by atoms with E-state index in [-0.39, 0.29) is 5.41 Å². The van der Waals surface area contributed by atoms with Gasteiger partial charge in [0.25, 0.3) is 0 Å². The molecule has 0 fully saturated rings. The van der Waals surface area contributed by atoms with Crippen LogP contribution >= 0.6 is 0 Å². The van der Waals surface area contributed by atoms with Crippen LogP contribution in [0.25, 0.3) is 11.1 Å². The highest BCUT2D eigenvalue weighted by atomic mass is 16.3. The highest BCUT2D eigenvalue weighted by Gasteiger charge is 2.15. The number of hydrogen-bond acceptors (Lipinski definition) is 4. The molecular weight excluding hydrogens is 286 g/mol. The van der Waals surface area contributed by atoms with Crippen LogP contribution in [-0.2, 0) is 5.41 Å². The number of nitrogens with one attached hydrogen (secondary N) is 1. The van der Waals surface area contributed by atoms with E-state index < -0.39 is 0 Å². The Morgan fingerprint density at radius 1 is 1.00 bits per heavy atom. The second-order valence-corrected chi connectivity index (χ2v) is 7.11. The molecule has 0 radical (unpaired) electrons. The molecule has 0 aliphatic heterocycles. The van der Waals surface area contributed by atoms with Crippen LogP contribution in [0.3, 0.4) is 0 Å². The Hall–Kier alpha value is -2.36. The molecule has 120 valence electrons. The van der Waals surface area contributed by atoms with E-state index >= 15 is 0 Å². The zero-order valence-electron chi connectivity index (χ0n) is 14.6. The summed E-state index contributed by atoms with van der Waals surface area (Å²) in [6.07, 6.45) is 0. The quantitative estimate of drug-likeness (QED) is 0.708. The second kappa shape index (κ2) is 5.37. The van der Waals surface area contributed by atoms with E-state index in [1.807, 2.05) is 19.9 Å². The molecule has 0 saturated heterocycles. The van der Waals surface area contributed by atoms with Gasteiger partial charge in [0.1, 0.15) is 5.76 Å². The predicted octanol–water partition coefficient (Wildman–Crippen LogP) is 5.19. The minimum absolute atomic E-state index is 0.140. The summed E-state index contributed by atoms with van der Waals surface area (Å²) in [7, 11) is 0. The van der Waals surface area contributed by atoms with Crippen molar-refractivity contribution in [3.63, 3.8) is 0 Å². The summed E-state index contributed by atoms with van der Waals surface area (Å²) >= 11 is 0. The molecule has 1 aromatic carbocycles. The molecule has 0 atom stereocenters. The molecule has 0 unspecified atom stereocenters. The monoisotopic (exact) mass is 309 g/mol. The van der Waals surface area contributed by atoms with Crippen LogP contribution in [-0.4, -0.2) is 9.97 Å². The fourth-order valence-corrected chi connectivity index (χ4v) is 2.63. The van der Waals surface area contributed by atoms with E-state index in [2.05, 4.69) is 61.2 Å². The summed E-state index contributed by atoms with van der Waals surface area (Å²) in [6, 6.07) is 8.42. The Balaban J connectivity index is 1.96. The van der Waals surface area contributed by atoms with Crippen molar-refractivity contribution in [2.75, 3.05) is 5.32 Å². The van der Waals surface area contributed by atoms with Crippen LogP contribution in [0.1, 0.15) is 43.4 Å². The van der Waals surface area contributed by atoms with Crippen molar-refractivity contribution in [3.8, 4) is 0 Å². The van der Waals surface area contributed by atoms with E-state index in [0.717, 1.165) is 22.5 Å². The molecular formula is C19H23N3O. The minimum atomic E-state index is 0.140. The van der Waals surface area contributed by atoms with Crippen molar-refractivity contribution in [3.05, 3.63) is 46.8 Å². The Bertz CT molecular complexity index is 872. The first-order chi connectivity index (χ1) is 10.7. The molecule has 0 saturated carbocycles. The number of benzene rings is 1. The number of aryl methyl sites for hydroxylation is 3. The lowest BCUT2D eigenvalue weighted by molar-refractivity contribution is 0.567. The highest BCUT2D eigenvalue weighted by Crippen LogP contribution is 2.28. The lowest BCUT2D eigenvalue weighted by Gasteiger charge is -2.20. The molecule has 4 heteroatoms. The van der Waals surface area contributed by atoms with Gasteiger partial charge in [0.05, 0.1) is 11.1 Å². The van der Waals surface area contributed by atoms with Crippen molar-refractivity contribution in [2.45, 2.75) is 47.0 Å². The molecule has 0 bridgehead atoms. The number of anilines is 2. The average Bonchev–Trinajstić information content (AvgIpc) is 2.81. The Kier molecular flexibility index (Phi) is 3.63. The summed E-state index contributed by atoms with van der Waals surface area (Å²) < 4.78 is 5.63. The SMILES string of the molecule is Cc1cc2c(C)nc(Nc3ccc(C(C)(C)C)cc3C)nc2o1. The number of fused-ring (bicyclic) bond motifs is 1. The molecule has 23 heavy (non-hydrogen) atoms. The van der Waals surface area contributed by atoms with Crippen LogP contribution in [0.4, 0.5) is 11.6 Å². The molecule has 3 rings (SSSR count). The van der Waals surface area contributed by atoms with Crippen molar-refractivity contribution in [2.24, 2.45) is 0 Å². The topological polar surface area (TPSA) is 51.0 Å². The van der Waals surface area contributed by atoms with E-state index in [1.54, 1.807) is 0 Å². The van der Waals surface area contributed by atoms with Crippen molar-refractivity contribution in [1.29, 1.82) is 0 Å². The van der Waals surface area contributed by atoms with Gasteiger partial charge in [0, 0.05) is 5.69 Å². The first-order valence-electron chi connectivity index (χ1n) is 7.87. The van der Waals surface area contributed by atoms with Gasteiger partial charge in [0.15, 0.2) is 0 Å². The zero-order valence-corrected chi connectivity index (χ0v) is 14.6. The molecule has 4 nitrogen and oxygen atoms in total. The van der Waals surface area contributed by atoms with Crippen LogP contribution in [0, 0.1) is 20.8 Å².